The van der Waals surface area contributed by atoms with Gasteiger partial charge in [0.1, 0.15) is 0 Å². The van der Waals surface area contributed by atoms with Gasteiger partial charge in [0, 0.05) is 24.9 Å². The first-order valence-electron chi connectivity index (χ1n) is 6.32. The summed E-state index contributed by atoms with van der Waals surface area (Å²) in [6.45, 7) is 0. The molecule has 0 radical (unpaired) electrons. The van der Waals surface area contributed by atoms with Gasteiger partial charge in [-0.2, -0.15) is 0 Å². The van der Waals surface area contributed by atoms with Crippen molar-refractivity contribution in [1.82, 2.24) is 0 Å². The van der Waals surface area contributed by atoms with Crippen molar-refractivity contribution in [3.05, 3.63) is 35.9 Å². The predicted molar refractivity (Wildman–Crippen MR) is 78.6 cm³/mol. The second-order valence-electron chi connectivity index (χ2n) is 4.90. The van der Waals surface area contributed by atoms with Crippen molar-refractivity contribution < 1.29 is 18.3 Å². The van der Waals surface area contributed by atoms with Crippen LogP contribution in [0.1, 0.15) is 12.0 Å². The van der Waals surface area contributed by atoms with Crippen molar-refractivity contribution in [3.8, 4) is 0 Å². The quantitative estimate of drug-likeness (QED) is 0.850. The number of carboxylic acids is 1. The number of anilines is 1. The minimum atomic E-state index is -2.94. The predicted octanol–water partition coefficient (Wildman–Crippen LogP) is 1.41. The molecule has 1 N–H and O–H groups in total. The fourth-order valence-corrected chi connectivity index (χ4v) is 4.16. The van der Waals surface area contributed by atoms with E-state index in [1.165, 1.54) is 6.08 Å². The Labute approximate surface area is 118 Å². The third-order valence-electron chi connectivity index (χ3n) is 3.48. The molecule has 0 spiro atoms. The molecular formula is C14H17NO4S. The van der Waals surface area contributed by atoms with Crippen LogP contribution in [0.15, 0.2) is 30.3 Å². The highest BCUT2D eigenvalue weighted by atomic mass is 32.2. The molecule has 0 aliphatic carbocycles. The first-order valence-corrected chi connectivity index (χ1v) is 8.14. The van der Waals surface area contributed by atoms with Gasteiger partial charge in [0.2, 0.25) is 0 Å². The molecule has 2 rings (SSSR count). The molecule has 108 valence electrons. The minimum Gasteiger partial charge on any atom is -0.478 e. The molecule has 0 saturated carbocycles. The van der Waals surface area contributed by atoms with Crippen LogP contribution < -0.4 is 4.90 Å². The fraction of sp³-hybridized carbons (Fsp3) is 0.357. The minimum absolute atomic E-state index is 0.0561. The number of sulfone groups is 1. The molecule has 1 aliphatic heterocycles. The van der Waals surface area contributed by atoms with Gasteiger partial charge in [-0.25, -0.2) is 13.2 Å². The summed E-state index contributed by atoms with van der Waals surface area (Å²) in [6, 6.07) is 7.30. The number of carbonyl (C=O) groups is 1. The Morgan fingerprint density at radius 2 is 2.10 bits per heavy atom. The van der Waals surface area contributed by atoms with E-state index >= 15 is 0 Å². The molecule has 1 unspecified atom stereocenters. The lowest BCUT2D eigenvalue weighted by Crippen LogP contribution is -2.32. The lowest BCUT2D eigenvalue weighted by atomic mass is 10.1. The third kappa shape index (κ3) is 3.39. The van der Waals surface area contributed by atoms with Gasteiger partial charge in [-0.1, -0.05) is 18.2 Å². The molecule has 1 fully saturated rings. The molecule has 0 bridgehead atoms. The maximum Gasteiger partial charge on any atom is 0.328 e. The number of carboxylic acid groups (broad SMARTS) is 1. The first kappa shape index (κ1) is 14.6. The summed E-state index contributed by atoms with van der Waals surface area (Å²) in [5.74, 6) is -0.638. The zero-order valence-electron chi connectivity index (χ0n) is 11.2. The smallest absolute Gasteiger partial charge is 0.328 e. The second kappa shape index (κ2) is 5.66. The maximum absolute atomic E-state index is 11.6. The second-order valence-corrected chi connectivity index (χ2v) is 7.13. The van der Waals surface area contributed by atoms with Gasteiger partial charge in [0.25, 0.3) is 0 Å². The Morgan fingerprint density at radius 1 is 1.40 bits per heavy atom. The molecule has 1 aromatic carbocycles. The normalized spacial score (nSPS) is 21.1. The average Bonchev–Trinajstić information content (AvgIpc) is 2.76. The first-order chi connectivity index (χ1) is 9.39. The number of hydrogen-bond acceptors (Lipinski definition) is 4. The van der Waals surface area contributed by atoms with E-state index in [1.54, 1.807) is 0 Å². The van der Waals surface area contributed by atoms with Gasteiger partial charge in [-0.15, -0.1) is 0 Å². The molecule has 20 heavy (non-hydrogen) atoms. The molecule has 1 atom stereocenters. The Bertz CT molecular complexity index is 636. The van der Waals surface area contributed by atoms with Gasteiger partial charge < -0.3 is 10.0 Å². The van der Waals surface area contributed by atoms with Crippen LogP contribution in [0.2, 0.25) is 0 Å². The number of para-hydroxylation sites is 1. The molecule has 0 amide bonds. The van der Waals surface area contributed by atoms with Crippen molar-refractivity contribution in [3.63, 3.8) is 0 Å². The molecule has 5 nitrogen and oxygen atoms in total. The average molecular weight is 295 g/mol. The van der Waals surface area contributed by atoms with Crippen molar-refractivity contribution in [1.29, 1.82) is 0 Å². The van der Waals surface area contributed by atoms with Gasteiger partial charge in [0.15, 0.2) is 9.84 Å². The summed E-state index contributed by atoms with van der Waals surface area (Å²) in [7, 11) is -1.09. The van der Waals surface area contributed by atoms with Crippen molar-refractivity contribution in [2.24, 2.45) is 0 Å². The Balaban J connectivity index is 2.26. The highest BCUT2D eigenvalue weighted by Crippen LogP contribution is 2.26. The number of aliphatic carboxylic acids is 1. The van der Waals surface area contributed by atoms with E-state index in [1.807, 2.05) is 36.2 Å². The van der Waals surface area contributed by atoms with Crippen molar-refractivity contribution in [2.75, 3.05) is 23.5 Å². The van der Waals surface area contributed by atoms with E-state index < -0.39 is 15.8 Å². The molecule has 6 heteroatoms. The molecular weight excluding hydrogens is 278 g/mol. The van der Waals surface area contributed by atoms with E-state index in [0.29, 0.717) is 6.42 Å². The van der Waals surface area contributed by atoms with Crippen LogP contribution in [0, 0.1) is 0 Å². The van der Waals surface area contributed by atoms with E-state index in [9.17, 15) is 13.2 Å². The van der Waals surface area contributed by atoms with Gasteiger partial charge in [0.05, 0.1) is 11.5 Å². The van der Waals surface area contributed by atoms with Crippen LogP contribution in [-0.2, 0) is 14.6 Å². The van der Waals surface area contributed by atoms with E-state index in [-0.39, 0.29) is 17.5 Å². The SMILES string of the molecule is CN(c1ccccc1/C=C/C(=O)O)C1CCS(=O)(=O)C1. The molecule has 1 aromatic rings. The zero-order chi connectivity index (χ0) is 14.8. The van der Waals surface area contributed by atoms with Crippen LogP contribution >= 0.6 is 0 Å². The van der Waals surface area contributed by atoms with Crippen molar-refractivity contribution >= 4 is 27.6 Å². The Kier molecular flexibility index (Phi) is 4.13. The number of rotatable bonds is 4. The highest BCUT2D eigenvalue weighted by molar-refractivity contribution is 7.91. The van der Waals surface area contributed by atoms with Gasteiger partial charge in [-0.05, 0) is 24.1 Å². The molecule has 0 aromatic heterocycles. The van der Waals surface area contributed by atoms with Gasteiger partial charge >= 0.3 is 5.97 Å². The Hall–Kier alpha value is -1.82. The molecule has 1 aliphatic rings. The number of hydrogen-bond donors (Lipinski definition) is 1. The van der Waals surface area contributed by atoms with Crippen LogP contribution in [0.3, 0.4) is 0 Å². The fourth-order valence-electron chi connectivity index (χ4n) is 2.39. The van der Waals surface area contributed by atoms with Crippen LogP contribution in [0.25, 0.3) is 6.08 Å². The van der Waals surface area contributed by atoms with Crippen LogP contribution in [0.4, 0.5) is 5.69 Å². The summed E-state index contributed by atoms with van der Waals surface area (Å²) in [6.07, 6.45) is 3.21. The summed E-state index contributed by atoms with van der Waals surface area (Å²) in [4.78, 5) is 12.5. The number of nitrogens with zero attached hydrogens (tertiary/aromatic N) is 1. The number of benzene rings is 1. The monoisotopic (exact) mass is 295 g/mol. The van der Waals surface area contributed by atoms with Crippen LogP contribution in [-0.4, -0.2) is 44.1 Å². The summed E-state index contributed by atoms with van der Waals surface area (Å²) >= 11 is 0. The highest BCUT2D eigenvalue weighted by Gasteiger charge is 2.31. The van der Waals surface area contributed by atoms with E-state index in [0.717, 1.165) is 17.3 Å². The summed E-state index contributed by atoms with van der Waals surface area (Å²) in [5.41, 5.74) is 1.61. The van der Waals surface area contributed by atoms with Gasteiger partial charge in [-0.3, -0.25) is 0 Å². The van der Waals surface area contributed by atoms with E-state index in [4.69, 9.17) is 5.11 Å². The lowest BCUT2D eigenvalue weighted by Gasteiger charge is -2.27. The van der Waals surface area contributed by atoms with Crippen molar-refractivity contribution in [2.45, 2.75) is 12.5 Å². The molecule has 1 saturated heterocycles. The third-order valence-corrected chi connectivity index (χ3v) is 5.23. The Morgan fingerprint density at radius 3 is 2.70 bits per heavy atom. The summed E-state index contributed by atoms with van der Waals surface area (Å²) in [5, 5.41) is 8.70. The maximum atomic E-state index is 11.6. The molecule has 1 heterocycles. The topological polar surface area (TPSA) is 74.7 Å². The standard InChI is InChI=1S/C14H17NO4S/c1-15(12-8-9-20(18,19)10-12)13-5-3-2-4-11(13)6-7-14(16)17/h2-7,12H,8-10H2,1H3,(H,16,17)/b7-6+. The van der Waals surface area contributed by atoms with Crippen LogP contribution in [0.5, 0.6) is 0 Å². The summed E-state index contributed by atoms with van der Waals surface area (Å²) < 4.78 is 23.1. The largest absolute Gasteiger partial charge is 0.478 e. The lowest BCUT2D eigenvalue weighted by molar-refractivity contribution is -0.131. The van der Waals surface area contributed by atoms with E-state index in [2.05, 4.69) is 0 Å². The zero-order valence-corrected chi connectivity index (χ0v) is 12.0.